The fraction of sp³-hybridized carbons (Fsp3) is 0.583. The van der Waals surface area contributed by atoms with Crippen molar-refractivity contribution in [1.29, 1.82) is 0 Å². The summed E-state index contributed by atoms with van der Waals surface area (Å²) in [6.07, 6.45) is 1.06. The number of aliphatic hydroxyl groups is 1. The van der Waals surface area contributed by atoms with E-state index in [1.807, 2.05) is 11.8 Å². The first kappa shape index (κ1) is 13.5. The van der Waals surface area contributed by atoms with Gasteiger partial charge >= 0.3 is 0 Å². The van der Waals surface area contributed by atoms with Crippen molar-refractivity contribution < 1.29 is 10.0 Å². The highest BCUT2D eigenvalue weighted by molar-refractivity contribution is 5.56. The van der Waals surface area contributed by atoms with Crippen LogP contribution < -0.4 is 10.2 Å². The van der Waals surface area contributed by atoms with Gasteiger partial charge in [0.2, 0.25) is 0 Å². The van der Waals surface area contributed by atoms with Gasteiger partial charge < -0.3 is 15.3 Å². The second-order valence-corrected chi connectivity index (χ2v) is 4.57. The number of nitrogens with zero attached hydrogens (tertiary/aromatic N) is 3. The summed E-state index contributed by atoms with van der Waals surface area (Å²) in [4.78, 5) is 16.9. The largest absolute Gasteiger partial charge is 0.393 e. The van der Waals surface area contributed by atoms with Gasteiger partial charge in [-0.05, 0) is 19.8 Å². The van der Waals surface area contributed by atoms with Gasteiger partial charge in [-0.15, -0.1) is 0 Å². The van der Waals surface area contributed by atoms with Crippen molar-refractivity contribution in [2.24, 2.45) is 0 Å². The minimum absolute atomic E-state index is 0.0343. The van der Waals surface area contributed by atoms with Gasteiger partial charge in [0.25, 0.3) is 5.69 Å². The van der Waals surface area contributed by atoms with Crippen LogP contribution in [0.5, 0.6) is 0 Å². The molecule has 0 unspecified atom stereocenters. The van der Waals surface area contributed by atoms with Crippen LogP contribution in [0.2, 0.25) is 0 Å². The van der Waals surface area contributed by atoms with Crippen LogP contribution in [-0.4, -0.2) is 40.8 Å². The van der Waals surface area contributed by atoms with E-state index in [-0.39, 0.29) is 11.8 Å². The predicted octanol–water partition coefficient (Wildman–Crippen LogP) is 1.38. The topological polar surface area (TPSA) is 91.5 Å². The molecule has 0 aliphatic carbocycles. The predicted molar refractivity (Wildman–Crippen MR) is 72.5 cm³/mol. The summed E-state index contributed by atoms with van der Waals surface area (Å²) in [5.74, 6) is 1.11. The van der Waals surface area contributed by atoms with Crippen LogP contribution >= 0.6 is 0 Å². The molecule has 1 aliphatic rings. The maximum atomic E-state index is 10.9. The fourth-order valence-electron chi connectivity index (χ4n) is 2.14. The number of nitrogens with one attached hydrogen (secondary N) is 1. The highest BCUT2D eigenvalue weighted by Gasteiger charge is 2.21. The summed E-state index contributed by atoms with van der Waals surface area (Å²) in [5.41, 5.74) is 0.0343. The summed E-state index contributed by atoms with van der Waals surface area (Å²) in [6.45, 7) is 3.91. The number of anilines is 2. The molecule has 1 saturated heterocycles. The van der Waals surface area contributed by atoms with E-state index in [1.165, 1.54) is 12.1 Å². The first-order chi connectivity index (χ1) is 9.10. The highest BCUT2D eigenvalue weighted by Crippen LogP contribution is 2.25. The first-order valence-electron chi connectivity index (χ1n) is 6.43. The smallest absolute Gasteiger partial charge is 0.276 e. The molecular formula is C12H18N4O3. The lowest BCUT2D eigenvalue weighted by Gasteiger charge is -2.30. The Balaban J connectivity index is 2.25. The summed E-state index contributed by atoms with van der Waals surface area (Å²) in [5, 5.41) is 23.4. The lowest BCUT2D eigenvalue weighted by Crippen LogP contribution is -2.36. The van der Waals surface area contributed by atoms with Gasteiger partial charge in [0.1, 0.15) is 11.6 Å². The first-order valence-corrected chi connectivity index (χ1v) is 6.43. The summed E-state index contributed by atoms with van der Waals surface area (Å²) >= 11 is 0. The van der Waals surface area contributed by atoms with Crippen LogP contribution in [0.3, 0.4) is 0 Å². The number of hydrogen-bond acceptors (Lipinski definition) is 6. The summed E-state index contributed by atoms with van der Waals surface area (Å²) < 4.78 is 0. The van der Waals surface area contributed by atoms with Gasteiger partial charge in [-0.1, -0.05) is 0 Å². The van der Waals surface area contributed by atoms with E-state index in [0.717, 1.165) is 0 Å². The standard InChI is InChI=1S/C12H18N4O3/c1-2-13-11-7-9(16(18)19)8-12(14-11)15-5-3-10(17)4-6-15/h7-8,10,17H,2-6H2,1H3,(H,13,14). The van der Waals surface area contributed by atoms with Crippen molar-refractivity contribution in [2.45, 2.75) is 25.9 Å². The Morgan fingerprint density at radius 3 is 2.79 bits per heavy atom. The third kappa shape index (κ3) is 3.31. The van der Waals surface area contributed by atoms with Gasteiger partial charge in [0.05, 0.1) is 23.2 Å². The number of aromatic nitrogens is 1. The lowest BCUT2D eigenvalue weighted by molar-refractivity contribution is -0.384. The molecule has 2 N–H and O–H groups in total. The summed E-state index contributed by atoms with van der Waals surface area (Å²) in [7, 11) is 0. The third-order valence-electron chi connectivity index (χ3n) is 3.15. The van der Waals surface area contributed by atoms with E-state index in [9.17, 15) is 15.2 Å². The van der Waals surface area contributed by atoms with Gasteiger partial charge in [-0.2, -0.15) is 0 Å². The summed E-state index contributed by atoms with van der Waals surface area (Å²) in [6, 6.07) is 2.92. The maximum absolute atomic E-state index is 10.9. The zero-order chi connectivity index (χ0) is 13.8. The van der Waals surface area contributed by atoms with Crippen molar-refractivity contribution >= 4 is 17.3 Å². The molecule has 7 heteroatoms. The highest BCUT2D eigenvalue weighted by atomic mass is 16.6. The van der Waals surface area contributed by atoms with E-state index in [0.29, 0.717) is 44.1 Å². The minimum atomic E-state index is -0.412. The van der Waals surface area contributed by atoms with Crippen LogP contribution in [0.25, 0.3) is 0 Å². The molecule has 104 valence electrons. The Labute approximate surface area is 111 Å². The molecule has 0 radical (unpaired) electrons. The van der Waals surface area contributed by atoms with E-state index in [2.05, 4.69) is 10.3 Å². The van der Waals surface area contributed by atoms with E-state index < -0.39 is 4.92 Å². The second-order valence-electron chi connectivity index (χ2n) is 4.57. The molecule has 0 aromatic carbocycles. The van der Waals surface area contributed by atoms with Crippen LogP contribution in [-0.2, 0) is 0 Å². The molecule has 2 rings (SSSR count). The normalized spacial score (nSPS) is 16.4. The van der Waals surface area contributed by atoms with Gasteiger partial charge in [-0.25, -0.2) is 4.98 Å². The molecule has 1 aromatic heterocycles. The molecule has 19 heavy (non-hydrogen) atoms. The number of nitro groups is 1. The van der Waals surface area contributed by atoms with Crippen LogP contribution in [0.15, 0.2) is 12.1 Å². The maximum Gasteiger partial charge on any atom is 0.276 e. The third-order valence-corrected chi connectivity index (χ3v) is 3.15. The average molecular weight is 266 g/mol. The molecule has 0 saturated carbocycles. The molecule has 0 bridgehead atoms. The number of hydrogen-bond donors (Lipinski definition) is 2. The molecule has 7 nitrogen and oxygen atoms in total. The Morgan fingerprint density at radius 1 is 1.53 bits per heavy atom. The van der Waals surface area contributed by atoms with Gasteiger partial charge in [0, 0.05) is 19.6 Å². The zero-order valence-electron chi connectivity index (χ0n) is 10.9. The Morgan fingerprint density at radius 2 is 2.21 bits per heavy atom. The molecule has 2 heterocycles. The lowest BCUT2D eigenvalue weighted by atomic mass is 10.1. The van der Waals surface area contributed by atoms with Crippen LogP contribution in [0.4, 0.5) is 17.3 Å². The van der Waals surface area contributed by atoms with E-state index in [4.69, 9.17) is 0 Å². The molecule has 1 aliphatic heterocycles. The number of rotatable bonds is 4. The van der Waals surface area contributed by atoms with Gasteiger partial charge in [0.15, 0.2) is 0 Å². The Bertz CT molecular complexity index is 458. The van der Waals surface area contributed by atoms with E-state index >= 15 is 0 Å². The van der Waals surface area contributed by atoms with Crippen LogP contribution in [0, 0.1) is 10.1 Å². The fourth-order valence-corrected chi connectivity index (χ4v) is 2.14. The van der Waals surface area contributed by atoms with E-state index in [1.54, 1.807) is 0 Å². The quantitative estimate of drug-likeness (QED) is 0.632. The Hall–Kier alpha value is -1.89. The number of pyridine rings is 1. The zero-order valence-corrected chi connectivity index (χ0v) is 10.9. The monoisotopic (exact) mass is 266 g/mol. The molecule has 1 fully saturated rings. The van der Waals surface area contributed by atoms with Crippen molar-refractivity contribution in [3.8, 4) is 0 Å². The molecule has 0 amide bonds. The number of piperidine rings is 1. The van der Waals surface area contributed by atoms with Crippen LogP contribution in [0.1, 0.15) is 19.8 Å². The number of aliphatic hydroxyl groups excluding tert-OH is 1. The van der Waals surface area contributed by atoms with Crippen molar-refractivity contribution in [1.82, 2.24) is 4.98 Å². The van der Waals surface area contributed by atoms with Crippen molar-refractivity contribution in [2.75, 3.05) is 29.9 Å². The Kier molecular flexibility index (Phi) is 4.16. The molecule has 0 spiro atoms. The van der Waals surface area contributed by atoms with Gasteiger partial charge in [-0.3, -0.25) is 10.1 Å². The van der Waals surface area contributed by atoms with Crippen molar-refractivity contribution in [3.05, 3.63) is 22.2 Å². The molecular weight excluding hydrogens is 248 g/mol. The average Bonchev–Trinajstić information content (AvgIpc) is 2.39. The minimum Gasteiger partial charge on any atom is -0.393 e. The van der Waals surface area contributed by atoms with Crippen molar-refractivity contribution in [3.63, 3.8) is 0 Å². The molecule has 1 aromatic rings. The second kappa shape index (κ2) is 5.83. The SMILES string of the molecule is CCNc1cc([N+](=O)[O-])cc(N2CCC(O)CC2)n1. The molecule has 0 atom stereocenters.